The predicted octanol–water partition coefficient (Wildman–Crippen LogP) is 3.09. The number of aryl methyl sites for hydroxylation is 1. The molecule has 1 saturated heterocycles. The van der Waals surface area contributed by atoms with Crippen molar-refractivity contribution < 1.29 is 17.9 Å². The van der Waals surface area contributed by atoms with Crippen LogP contribution in [0, 0.1) is 6.92 Å². The van der Waals surface area contributed by atoms with Crippen LogP contribution in [0.1, 0.15) is 37.3 Å². The van der Waals surface area contributed by atoms with Gasteiger partial charge in [-0.15, -0.1) is 0 Å². The van der Waals surface area contributed by atoms with E-state index in [1.54, 1.807) is 24.3 Å². The molecule has 160 valence electrons. The van der Waals surface area contributed by atoms with Crippen molar-refractivity contribution in [3.63, 3.8) is 0 Å². The van der Waals surface area contributed by atoms with Crippen molar-refractivity contribution in [1.82, 2.24) is 9.73 Å². The minimum Gasteiger partial charge on any atom is -0.494 e. The molecule has 1 unspecified atom stereocenters. The van der Waals surface area contributed by atoms with Gasteiger partial charge in [0.25, 0.3) is 5.91 Å². The quantitative estimate of drug-likeness (QED) is 0.516. The number of sulfonamides is 1. The second kappa shape index (κ2) is 9.86. The molecule has 3 rings (SSSR count). The Hall–Kier alpha value is -2.71. The summed E-state index contributed by atoms with van der Waals surface area (Å²) in [6, 6.07) is 13.2. The van der Waals surface area contributed by atoms with E-state index in [4.69, 9.17) is 4.74 Å². The maximum absolute atomic E-state index is 13.0. The molecule has 1 N–H and O–H groups in total. The van der Waals surface area contributed by atoms with Gasteiger partial charge in [0.2, 0.25) is 10.0 Å². The molecule has 1 heterocycles. The molecule has 1 fully saturated rings. The summed E-state index contributed by atoms with van der Waals surface area (Å²) in [5.74, 6) is 0.350. The fourth-order valence-electron chi connectivity index (χ4n) is 3.25. The van der Waals surface area contributed by atoms with Crippen LogP contribution in [0.15, 0.2) is 58.5 Å². The molecule has 2 aromatic carbocycles. The van der Waals surface area contributed by atoms with Crippen molar-refractivity contribution in [2.45, 2.75) is 44.0 Å². The van der Waals surface area contributed by atoms with Crippen molar-refractivity contribution >= 4 is 22.1 Å². The minimum atomic E-state index is -3.73. The number of amides is 1. The third-order valence-corrected chi connectivity index (χ3v) is 6.80. The average Bonchev–Trinajstić information content (AvgIpc) is 3.24. The van der Waals surface area contributed by atoms with E-state index in [0.717, 1.165) is 23.3 Å². The maximum atomic E-state index is 13.0. The smallest absolute Gasteiger partial charge is 0.258 e. The zero-order valence-corrected chi connectivity index (χ0v) is 18.1. The Labute approximate surface area is 177 Å². The number of nitrogens with zero attached hydrogens (tertiary/aromatic N) is 2. The molecule has 1 amide bonds. The fraction of sp³-hybridized carbons (Fsp3) is 0.364. The highest BCUT2D eigenvalue weighted by molar-refractivity contribution is 7.89. The molecule has 0 radical (unpaired) electrons. The lowest BCUT2D eigenvalue weighted by Crippen LogP contribution is -2.44. The fourth-order valence-corrected chi connectivity index (χ4v) is 4.91. The van der Waals surface area contributed by atoms with Gasteiger partial charge in [-0.2, -0.15) is 9.41 Å². The van der Waals surface area contributed by atoms with Crippen LogP contribution in [0.3, 0.4) is 0 Å². The third-order valence-electron chi connectivity index (χ3n) is 4.88. The standard InChI is InChI=1S/C22H27N3O4S/c1-3-15-29-19-10-8-18(9-11-19)16-23-24-22(26)21-5-4-14-25(21)30(27,28)20-12-6-17(2)7-13-20/h6-13,16,21H,3-5,14-15H2,1-2H3,(H,24,26)/b23-16+. The van der Waals surface area contributed by atoms with Crippen molar-refractivity contribution in [3.8, 4) is 5.75 Å². The number of ether oxygens (including phenoxy) is 1. The first-order chi connectivity index (χ1) is 14.4. The van der Waals surface area contributed by atoms with Crippen LogP contribution in [0.4, 0.5) is 0 Å². The SMILES string of the molecule is CCCOc1ccc(/C=N/NC(=O)C2CCCN2S(=O)(=O)c2ccc(C)cc2)cc1. The molecule has 0 spiro atoms. The summed E-state index contributed by atoms with van der Waals surface area (Å²) in [6.07, 6.45) is 3.56. The summed E-state index contributed by atoms with van der Waals surface area (Å²) in [5.41, 5.74) is 4.25. The van der Waals surface area contributed by atoms with E-state index in [-0.39, 0.29) is 4.90 Å². The van der Waals surface area contributed by atoms with Crippen molar-refractivity contribution in [2.24, 2.45) is 5.10 Å². The molecule has 8 heteroatoms. The van der Waals surface area contributed by atoms with Crippen LogP contribution in [-0.2, 0) is 14.8 Å². The number of carbonyl (C=O) groups excluding carboxylic acids is 1. The first-order valence-electron chi connectivity index (χ1n) is 10.1. The number of rotatable bonds is 8. The highest BCUT2D eigenvalue weighted by Gasteiger charge is 2.39. The van der Waals surface area contributed by atoms with E-state index < -0.39 is 22.0 Å². The molecule has 0 aliphatic carbocycles. The zero-order chi connectivity index (χ0) is 21.6. The molecule has 0 aromatic heterocycles. The van der Waals surface area contributed by atoms with Gasteiger partial charge in [0, 0.05) is 6.54 Å². The number of hydrogen-bond donors (Lipinski definition) is 1. The van der Waals surface area contributed by atoms with E-state index in [1.165, 1.54) is 10.5 Å². The lowest BCUT2D eigenvalue weighted by atomic mass is 10.2. The van der Waals surface area contributed by atoms with Crippen molar-refractivity contribution in [2.75, 3.05) is 13.2 Å². The Balaban J connectivity index is 1.63. The molecule has 1 aliphatic rings. The van der Waals surface area contributed by atoms with Crippen LogP contribution in [0.25, 0.3) is 0 Å². The molecule has 0 bridgehead atoms. The molecule has 1 atom stereocenters. The second-order valence-corrected chi connectivity index (χ2v) is 9.13. The first-order valence-corrected chi connectivity index (χ1v) is 11.5. The van der Waals surface area contributed by atoms with Gasteiger partial charge >= 0.3 is 0 Å². The highest BCUT2D eigenvalue weighted by Crippen LogP contribution is 2.26. The van der Waals surface area contributed by atoms with Crippen LogP contribution in [0.2, 0.25) is 0 Å². The van der Waals surface area contributed by atoms with Gasteiger partial charge in [-0.1, -0.05) is 24.6 Å². The topological polar surface area (TPSA) is 88.1 Å². The van der Waals surface area contributed by atoms with E-state index in [0.29, 0.717) is 26.0 Å². The van der Waals surface area contributed by atoms with Gasteiger partial charge in [0.15, 0.2) is 0 Å². The number of benzene rings is 2. The third kappa shape index (κ3) is 5.25. The van der Waals surface area contributed by atoms with Crippen molar-refractivity contribution in [1.29, 1.82) is 0 Å². The molecule has 1 aliphatic heterocycles. The minimum absolute atomic E-state index is 0.196. The molecule has 30 heavy (non-hydrogen) atoms. The van der Waals surface area contributed by atoms with E-state index >= 15 is 0 Å². The Morgan fingerprint density at radius 2 is 1.90 bits per heavy atom. The van der Waals surface area contributed by atoms with E-state index in [9.17, 15) is 13.2 Å². The summed E-state index contributed by atoms with van der Waals surface area (Å²) in [7, 11) is -3.73. The highest BCUT2D eigenvalue weighted by atomic mass is 32.2. The largest absolute Gasteiger partial charge is 0.494 e. The monoisotopic (exact) mass is 429 g/mol. The molecule has 2 aromatic rings. The number of hydrogen-bond acceptors (Lipinski definition) is 5. The predicted molar refractivity (Wildman–Crippen MR) is 116 cm³/mol. The van der Waals surface area contributed by atoms with Gasteiger partial charge in [-0.05, 0) is 68.1 Å². The lowest BCUT2D eigenvalue weighted by Gasteiger charge is -2.22. The summed E-state index contributed by atoms with van der Waals surface area (Å²) in [5, 5.41) is 3.99. The normalized spacial score (nSPS) is 17.3. The maximum Gasteiger partial charge on any atom is 0.258 e. The number of carbonyl (C=O) groups is 1. The van der Waals surface area contributed by atoms with Crippen LogP contribution >= 0.6 is 0 Å². The second-order valence-electron chi connectivity index (χ2n) is 7.24. The summed E-state index contributed by atoms with van der Waals surface area (Å²) in [4.78, 5) is 12.8. The number of nitrogens with one attached hydrogen (secondary N) is 1. The van der Waals surface area contributed by atoms with E-state index in [1.807, 2.05) is 38.1 Å². The van der Waals surface area contributed by atoms with Crippen LogP contribution in [-0.4, -0.2) is 44.0 Å². The average molecular weight is 430 g/mol. The molecular weight excluding hydrogens is 402 g/mol. The molecular formula is C22H27N3O4S. The van der Waals surface area contributed by atoms with Gasteiger partial charge in [-0.25, -0.2) is 13.8 Å². The summed E-state index contributed by atoms with van der Waals surface area (Å²) < 4.78 is 32.7. The zero-order valence-electron chi connectivity index (χ0n) is 17.2. The van der Waals surface area contributed by atoms with E-state index in [2.05, 4.69) is 10.5 Å². The van der Waals surface area contributed by atoms with Gasteiger partial charge in [0.1, 0.15) is 11.8 Å². The van der Waals surface area contributed by atoms with Gasteiger partial charge < -0.3 is 4.74 Å². The summed E-state index contributed by atoms with van der Waals surface area (Å²) >= 11 is 0. The van der Waals surface area contributed by atoms with Crippen LogP contribution in [0.5, 0.6) is 5.75 Å². The lowest BCUT2D eigenvalue weighted by molar-refractivity contribution is -0.124. The Kier molecular flexibility index (Phi) is 7.23. The van der Waals surface area contributed by atoms with Crippen LogP contribution < -0.4 is 10.2 Å². The molecule has 7 nitrogen and oxygen atoms in total. The number of hydrazone groups is 1. The first kappa shape index (κ1) is 22.0. The summed E-state index contributed by atoms with van der Waals surface area (Å²) in [6.45, 7) is 4.91. The van der Waals surface area contributed by atoms with Gasteiger partial charge in [-0.3, -0.25) is 4.79 Å². The van der Waals surface area contributed by atoms with Crippen molar-refractivity contribution in [3.05, 3.63) is 59.7 Å². The Morgan fingerprint density at radius 3 is 2.57 bits per heavy atom. The van der Waals surface area contributed by atoms with Gasteiger partial charge in [0.05, 0.1) is 17.7 Å². The Morgan fingerprint density at radius 1 is 1.20 bits per heavy atom. The molecule has 0 saturated carbocycles. The Bertz CT molecular complexity index is 986.